The molecule has 1 aromatic carbocycles. The van der Waals surface area contributed by atoms with E-state index >= 15 is 0 Å². The van der Waals surface area contributed by atoms with Gasteiger partial charge in [-0.3, -0.25) is 4.79 Å². The summed E-state index contributed by atoms with van der Waals surface area (Å²) >= 11 is 0. The molecule has 1 aromatic heterocycles. The number of hydrogen-bond acceptors (Lipinski definition) is 3. The molecular weight excluding hydrogens is 211 g/mol. The number of benzene rings is 1. The molecule has 1 heterocycles. The molecule has 0 atom stereocenters. The fourth-order valence-electron chi connectivity index (χ4n) is 1.26. The Balaban J connectivity index is 1.97. The summed E-state index contributed by atoms with van der Waals surface area (Å²) in [5.41, 5.74) is 0.961. The van der Waals surface area contributed by atoms with E-state index in [1.54, 1.807) is 12.1 Å². The van der Waals surface area contributed by atoms with E-state index in [4.69, 9.17) is 0 Å². The van der Waals surface area contributed by atoms with E-state index < -0.39 is 0 Å². The van der Waals surface area contributed by atoms with Crippen LogP contribution < -0.4 is 5.32 Å². The molecule has 0 radical (unpaired) electrons. The minimum absolute atomic E-state index is 0.104. The van der Waals surface area contributed by atoms with Gasteiger partial charge in [-0.05, 0) is 18.2 Å². The molecule has 82 valence electrons. The normalized spacial score (nSPS) is 10.1. The molecule has 0 aliphatic rings. The number of rotatable bonds is 3. The smallest absolute Gasteiger partial charge is 0.230 e. The van der Waals surface area contributed by atoms with Crippen molar-refractivity contribution >= 4 is 11.6 Å². The first-order valence-electron chi connectivity index (χ1n) is 4.69. The molecule has 0 fully saturated rings. The Labute approximate surface area is 91.1 Å². The summed E-state index contributed by atoms with van der Waals surface area (Å²) in [6.07, 6.45) is 1.50. The second-order valence-corrected chi connectivity index (χ2v) is 3.23. The largest absolute Gasteiger partial charge is 0.364 e. The van der Waals surface area contributed by atoms with Crippen molar-refractivity contribution in [3.05, 3.63) is 48.1 Å². The van der Waals surface area contributed by atoms with E-state index in [-0.39, 0.29) is 18.1 Å². The van der Waals surface area contributed by atoms with Crippen LogP contribution in [0.5, 0.6) is 0 Å². The minimum Gasteiger partial charge on any atom is -0.364 e. The highest BCUT2D eigenvalue weighted by Crippen LogP contribution is 2.09. The maximum absolute atomic E-state index is 12.8. The van der Waals surface area contributed by atoms with Crippen LogP contribution in [0.25, 0.3) is 0 Å². The first-order chi connectivity index (χ1) is 7.74. The monoisotopic (exact) mass is 220 g/mol. The molecule has 0 aliphatic heterocycles. The molecule has 0 spiro atoms. The van der Waals surface area contributed by atoms with Crippen LogP contribution in [0.15, 0.2) is 41.1 Å². The molecule has 1 amide bonds. The zero-order chi connectivity index (χ0) is 11.4. The number of nitrogens with zero attached hydrogens (tertiary/aromatic N) is 1. The summed E-state index contributed by atoms with van der Waals surface area (Å²) < 4.78 is 17.4. The second kappa shape index (κ2) is 4.57. The Kier molecular flexibility index (Phi) is 2.95. The van der Waals surface area contributed by atoms with Crippen molar-refractivity contribution in [3.63, 3.8) is 0 Å². The number of hydrogen-bond donors (Lipinski definition) is 1. The molecule has 4 nitrogen and oxygen atoms in total. The Morgan fingerprint density at radius 3 is 3.00 bits per heavy atom. The topological polar surface area (TPSA) is 55.1 Å². The Bertz CT molecular complexity index is 482. The third kappa shape index (κ3) is 2.66. The first kappa shape index (κ1) is 10.4. The molecule has 2 rings (SSSR count). The average Bonchev–Trinajstić information content (AvgIpc) is 2.70. The summed E-state index contributed by atoms with van der Waals surface area (Å²) in [4.78, 5) is 11.5. The SMILES string of the molecule is O=C(Cc1ccon1)Nc1cccc(F)c1. The maximum Gasteiger partial charge on any atom is 0.230 e. The van der Waals surface area contributed by atoms with Crippen LogP contribution in [0.1, 0.15) is 5.69 Å². The van der Waals surface area contributed by atoms with Crippen LogP contribution in [0.4, 0.5) is 10.1 Å². The van der Waals surface area contributed by atoms with Gasteiger partial charge in [-0.2, -0.15) is 0 Å². The standard InChI is InChI=1S/C11H9FN2O2/c12-8-2-1-3-9(6-8)13-11(15)7-10-4-5-16-14-10/h1-6H,7H2,(H,13,15). The van der Waals surface area contributed by atoms with E-state index in [1.165, 1.54) is 24.5 Å². The van der Waals surface area contributed by atoms with Gasteiger partial charge in [0.15, 0.2) is 0 Å². The Morgan fingerprint density at radius 1 is 1.44 bits per heavy atom. The highest BCUT2D eigenvalue weighted by molar-refractivity contribution is 5.91. The van der Waals surface area contributed by atoms with Crippen LogP contribution in [0, 0.1) is 5.82 Å². The van der Waals surface area contributed by atoms with Crippen LogP contribution >= 0.6 is 0 Å². The highest BCUT2D eigenvalue weighted by atomic mass is 19.1. The molecule has 1 N–H and O–H groups in total. The Morgan fingerprint density at radius 2 is 2.31 bits per heavy atom. The van der Waals surface area contributed by atoms with Crippen LogP contribution in [-0.2, 0) is 11.2 Å². The average molecular weight is 220 g/mol. The van der Waals surface area contributed by atoms with Gasteiger partial charge in [-0.25, -0.2) is 4.39 Å². The molecule has 5 heteroatoms. The van der Waals surface area contributed by atoms with E-state index in [2.05, 4.69) is 15.0 Å². The molecule has 0 aliphatic carbocycles. The molecule has 0 saturated heterocycles. The predicted molar refractivity (Wildman–Crippen MR) is 55.2 cm³/mol. The van der Waals surface area contributed by atoms with Gasteiger partial charge < -0.3 is 9.84 Å². The van der Waals surface area contributed by atoms with E-state index in [1.807, 2.05) is 0 Å². The molecule has 2 aromatic rings. The van der Waals surface area contributed by atoms with E-state index in [9.17, 15) is 9.18 Å². The lowest BCUT2D eigenvalue weighted by atomic mass is 10.2. The number of anilines is 1. The number of carbonyl (C=O) groups excluding carboxylic acids is 1. The summed E-state index contributed by atoms with van der Waals surface area (Å²) in [6.45, 7) is 0. The van der Waals surface area contributed by atoms with Gasteiger partial charge >= 0.3 is 0 Å². The van der Waals surface area contributed by atoms with Crippen molar-refractivity contribution in [2.24, 2.45) is 0 Å². The van der Waals surface area contributed by atoms with Gasteiger partial charge in [0.2, 0.25) is 5.91 Å². The lowest BCUT2D eigenvalue weighted by molar-refractivity contribution is -0.115. The summed E-state index contributed by atoms with van der Waals surface area (Å²) in [5, 5.41) is 6.17. The number of aromatic nitrogens is 1. The first-order valence-corrected chi connectivity index (χ1v) is 4.69. The van der Waals surface area contributed by atoms with Crippen molar-refractivity contribution in [3.8, 4) is 0 Å². The van der Waals surface area contributed by atoms with Gasteiger partial charge in [0.25, 0.3) is 0 Å². The zero-order valence-corrected chi connectivity index (χ0v) is 8.31. The van der Waals surface area contributed by atoms with Gasteiger partial charge in [0, 0.05) is 11.8 Å². The number of amides is 1. The Hall–Kier alpha value is -2.17. The minimum atomic E-state index is -0.390. The molecular formula is C11H9FN2O2. The third-order valence-corrected chi connectivity index (χ3v) is 1.94. The van der Waals surface area contributed by atoms with Crippen molar-refractivity contribution < 1.29 is 13.7 Å². The van der Waals surface area contributed by atoms with Crippen LogP contribution in [0.2, 0.25) is 0 Å². The molecule has 0 saturated carbocycles. The number of carbonyl (C=O) groups is 1. The van der Waals surface area contributed by atoms with E-state index in [0.29, 0.717) is 11.4 Å². The fourth-order valence-corrected chi connectivity index (χ4v) is 1.26. The predicted octanol–water partition coefficient (Wildman–Crippen LogP) is 1.99. The van der Waals surface area contributed by atoms with Crippen LogP contribution in [0.3, 0.4) is 0 Å². The fraction of sp³-hybridized carbons (Fsp3) is 0.0909. The van der Waals surface area contributed by atoms with Gasteiger partial charge in [-0.1, -0.05) is 11.2 Å². The number of nitrogens with one attached hydrogen (secondary N) is 1. The lowest BCUT2D eigenvalue weighted by Gasteiger charge is -2.03. The third-order valence-electron chi connectivity index (χ3n) is 1.94. The molecule has 16 heavy (non-hydrogen) atoms. The second-order valence-electron chi connectivity index (χ2n) is 3.23. The summed E-state index contributed by atoms with van der Waals surface area (Å²) in [5.74, 6) is -0.654. The molecule has 0 unspecified atom stereocenters. The number of halogens is 1. The maximum atomic E-state index is 12.8. The summed E-state index contributed by atoms with van der Waals surface area (Å²) in [7, 11) is 0. The quantitative estimate of drug-likeness (QED) is 0.860. The van der Waals surface area contributed by atoms with Crippen LogP contribution in [-0.4, -0.2) is 11.1 Å². The zero-order valence-electron chi connectivity index (χ0n) is 8.31. The van der Waals surface area contributed by atoms with Gasteiger partial charge in [0.1, 0.15) is 12.1 Å². The summed E-state index contributed by atoms with van der Waals surface area (Å²) in [6, 6.07) is 7.31. The van der Waals surface area contributed by atoms with Gasteiger partial charge in [0.05, 0.1) is 12.1 Å². The van der Waals surface area contributed by atoms with E-state index in [0.717, 1.165) is 0 Å². The van der Waals surface area contributed by atoms with Crippen molar-refractivity contribution in [2.45, 2.75) is 6.42 Å². The lowest BCUT2D eigenvalue weighted by Crippen LogP contribution is -2.14. The van der Waals surface area contributed by atoms with Gasteiger partial charge in [-0.15, -0.1) is 0 Å². The highest BCUT2D eigenvalue weighted by Gasteiger charge is 2.06. The molecule has 0 bridgehead atoms. The van der Waals surface area contributed by atoms with Crippen molar-refractivity contribution in [1.29, 1.82) is 0 Å². The van der Waals surface area contributed by atoms with Crippen molar-refractivity contribution in [1.82, 2.24) is 5.16 Å². The van der Waals surface area contributed by atoms with Crippen molar-refractivity contribution in [2.75, 3.05) is 5.32 Å².